The van der Waals surface area contributed by atoms with Crippen LogP contribution in [0.4, 0.5) is 0 Å². The zero-order valence-corrected chi connectivity index (χ0v) is 11.0. The Morgan fingerprint density at radius 2 is 2.06 bits per heavy atom. The third-order valence-electron chi connectivity index (χ3n) is 3.02. The van der Waals surface area contributed by atoms with Crippen molar-refractivity contribution < 1.29 is 9.59 Å². The van der Waals surface area contributed by atoms with Gasteiger partial charge in [-0.25, -0.2) is 0 Å². The third-order valence-corrected chi connectivity index (χ3v) is 3.80. The molecule has 3 heteroatoms. The zero-order chi connectivity index (χ0) is 12.4. The molecule has 0 aromatic heterocycles. The molecule has 17 heavy (non-hydrogen) atoms. The number of ketones is 2. The molecular formula is C14H16O2S. The molecular weight excluding hydrogens is 232 g/mol. The number of Topliss-reactive ketones (excluding diaryl/α,β-unsaturated/α-hetero) is 2. The lowest BCUT2D eigenvalue weighted by atomic mass is 10.0. The summed E-state index contributed by atoms with van der Waals surface area (Å²) in [6.07, 6.45) is 3.96. The van der Waals surface area contributed by atoms with E-state index in [2.05, 4.69) is 0 Å². The minimum Gasteiger partial charge on any atom is -0.299 e. The second kappa shape index (κ2) is 5.05. The van der Waals surface area contributed by atoms with E-state index in [-0.39, 0.29) is 23.9 Å². The van der Waals surface area contributed by atoms with Gasteiger partial charge in [-0.2, -0.15) is 0 Å². The Morgan fingerprint density at radius 1 is 1.35 bits per heavy atom. The van der Waals surface area contributed by atoms with Crippen molar-refractivity contribution in [1.29, 1.82) is 0 Å². The van der Waals surface area contributed by atoms with Gasteiger partial charge in [-0.15, -0.1) is 11.8 Å². The van der Waals surface area contributed by atoms with E-state index in [0.29, 0.717) is 5.56 Å². The van der Waals surface area contributed by atoms with E-state index in [4.69, 9.17) is 0 Å². The van der Waals surface area contributed by atoms with Gasteiger partial charge in [0.1, 0.15) is 5.78 Å². The predicted molar refractivity (Wildman–Crippen MR) is 69.6 cm³/mol. The van der Waals surface area contributed by atoms with E-state index in [9.17, 15) is 9.59 Å². The van der Waals surface area contributed by atoms with Gasteiger partial charge in [-0.3, -0.25) is 9.59 Å². The maximum Gasteiger partial charge on any atom is 0.171 e. The number of benzene rings is 1. The molecule has 0 aliphatic heterocycles. The van der Waals surface area contributed by atoms with Gasteiger partial charge >= 0.3 is 0 Å². The van der Waals surface area contributed by atoms with Gasteiger partial charge in [0.25, 0.3) is 0 Å². The smallest absolute Gasteiger partial charge is 0.171 e. The summed E-state index contributed by atoms with van der Waals surface area (Å²) >= 11 is 1.56. The number of aryl methyl sites for hydroxylation is 1. The molecule has 1 aliphatic carbocycles. The third kappa shape index (κ3) is 2.97. The maximum atomic E-state index is 12.0. The van der Waals surface area contributed by atoms with Gasteiger partial charge in [0.05, 0.1) is 6.42 Å². The molecule has 1 aliphatic rings. The van der Waals surface area contributed by atoms with E-state index in [1.54, 1.807) is 11.8 Å². The lowest BCUT2D eigenvalue weighted by Crippen LogP contribution is -2.10. The first kappa shape index (κ1) is 12.4. The summed E-state index contributed by atoms with van der Waals surface area (Å²) < 4.78 is 0. The SMILES string of the molecule is CSc1cc(C)ccc1C(=O)CC(=O)C1CC1. The lowest BCUT2D eigenvalue weighted by molar-refractivity contribution is -0.119. The monoisotopic (exact) mass is 248 g/mol. The highest BCUT2D eigenvalue weighted by atomic mass is 32.2. The highest BCUT2D eigenvalue weighted by Crippen LogP contribution is 2.32. The molecule has 1 saturated carbocycles. The van der Waals surface area contributed by atoms with Crippen LogP contribution in [-0.4, -0.2) is 17.8 Å². The predicted octanol–water partition coefficient (Wildman–Crippen LogP) is 3.27. The highest BCUT2D eigenvalue weighted by molar-refractivity contribution is 7.98. The van der Waals surface area contributed by atoms with E-state index in [1.165, 1.54) is 0 Å². The van der Waals surface area contributed by atoms with E-state index >= 15 is 0 Å². The second-order valence-corrected chi connectivity index (χ2v) is 5.39. The van der Waals surface area contributed by atoms with Crippen LogP contribution < -0.4 is 0 Å². The van der Waals surface area contributed by atoms with Crippen molar-refractivity contribution in [2.45, 2.75) is 31.1 Å². The maximum absolute atomic E-state index is 12.0. The van der Waals surface area contributed by atoms with Gasteiger partial charge in [0.15, 0.2) is 5.78 Å². The van der Waals surface area contributed by atoms with Crippen molar-refractivity contribution >= 4 is 23.3 Å². The molecule has 0 bridgehead atoms. The van der Waals surface area contributed by atoms with Crippen LogP contribution >= 0.6 is 11.8 Å². The molecule has 1 aromatic carbocycles. The van der Waals surface area contributed by atoms with Crippen LogP contribution in [0.2, 0.25) is 0 Å². The standard InChI is InChI=1S/C14H16O2S/c1-9-3-6-11(14(7-9)17-2)13(16)8-12(15)10-4-5-10/h3,6-7,10H,4-5,8H2,1-2H3. The molecule has 0 radical (unpaired) electrons. The summed E-state index contributed by atoms with van der Waals surface area (Å²) in [6.45, 7) is 2.00. The molecule has 0 unspecified atom stereocenters. The number of thioether (sulfide) groups is 1. The van der Waals surface area contributed by atoms with E-state index in [1.807, 2.05) is 31.4 Å². The largest absolute Gasteiger partial charge is 0.299 e. The van der Waals surface area contributed by atoms with Crippen LogP contribution in [-0.2, 0) is 4.79 Å². The molecule has 0 saturated heterocycles. The van der Waals surface area contributed by atoms with Crippen LogP contribution in [0.3, 0.4) is 0 Å². The highest BCUT2D eigenvalue weighted by Gasteiger charge is 2.31. The van der Waals surface area contributed by atoms with Gasteiger partial charge < -0.3 is 0 Å². The Balaban J connectivity index is 2.14. The summed E-state index contributed by atoms with van der Waals surface area (Å²) in [4.78, 5) is 24.6. The minimum absolute atomic E-state index is 0.0359. The molecule has 0 spiro atoms. The second-order valence-electron chi connectivity index (χ2n) is 4.54. The van der Waals surface area contributed by atoms with Gasteiger partial charge in [0.2, 0.25) is 0 Å². The first-order valence-corrected chi connectivity index (χ1v) is 7.05. The fourth-order valence-corrected chi connectivity index (χ4v) is 2.54. The number of hydrogen-bond donors (Lipinski definition) is 0. The van der Waals surface area contributed by atoms with Gasteiger partial charge in [-0.1, -0.05) is 12.1 Å². The Bertz CT molecular complexity index is 461. The average molecular weight is 248 g/mol. The first-order valence-electron chi connectivity index (χ1n) is 5.82. The molecule has 90 valence electrons. The number of carbonyl (C=O) groups is 2. The van der Waals surface area contributed by atoms with Crippen LogP contribution in [0.5, 0.6) is 0 Å². The van der Waals surface area contributed by atoms with Crippen LogP contribution in [0.15, 0.2) is 23.1 Å². The molecule has 0 heterocycles. The fraction of sp³-hybridized carbons (Fsp3) is 0.429. The van der Waals surface area contributed by atoms with Crippen molar-refractivity contribution in [1.82, 2.24) is 0 Å². The van der Waals surface area contributed by atoms with Crippen LogP contribution in [0, 0.1) is 12.8 Å². The molecule has 1 aromatic rings. The Labute approximate surface area is 106 Å². The average Bonchev–Trinajstić information content (AvgIpc) is 3.12. The fourth-order valence-electron chi connectivity index (χ4n) is 1.83. The van der Waals surface area contributed by atoms with Gasteiger partial charge in [-0.05, 0) is 37.7 Å². The normalized spacial score (nSPS) is 14.7. The number of hydrogen-bond acceptors (Lipinski definition) is 3. The van der Waals surface area contributed by atoms with E-state index < -0.39 is 0 Å². The van der Waals surface area contributed by atoms with Gasteiger partial charge in [0, 0.05) is 16.4 Å². The van der Waals surface area contributed by atoms with Crippen molar-refractivity contribution in [2.24, 2.45) is 5.92 Å². The molecule has 2 rings (SSSR count). The van der Waals surface area contributed by atoms with Crippen LogP contribution in [0.1, 0.15) is 35.2 Å². The van der Waals surface area contributed by atoms with Crippen molar-refractivity contribution in [3.05, 3.63) is 29.3 Å². The molecule has 1 fully saturated rings. The lowest BCUT2D eigenvalue weighted by Gasteiger charge is -2.07. The van der Waals surface area contributed by atoms with Crippen molar-refractivity contribution in [2.75, 3.05) is 6.26 Å². The summed E-state index contributed by atoms with van der Waals surface area (Å²) in [5.41, 5.74) is 1.83. The molecule has 0 atom stereocenters. The first-order chi connectivity index (χ1) is 8.11. The minimum atomic E-state index is -0.0359. The summed E-state index contributed by atoms with van der Waals surface area (Å²) in [5.74, 6) is 0.246. The Morgan fingerprint density at radius 3 is 2.65 bits per heavy atom. The quantitative estimate of drug-likeness (QED) is 0.455. The zero-order valence-electron chi connectivity index (χ0n) is 10.2. The number of rotatable bonds is 5. The molecule has 0 amide bonds. The number of carbonyl (C=O) groups excluding carboxylic acids is 2. The molecule has 2 nitrogen and oxygen atoms in total. The van der Waals surface area contributed by atoms with E-state index in [0.717, 1.165) is 23.3 Å². The van der Waals surface area contributed by atoms with Crippen molar-refractivity contribution in [3.63, 3.8) is 0 Å². The Kier molecular flexibility index (Phi) is 3.67. The van der Waals surface area contributed by atoms with Crippen LogP contribution in [0.25, 0.3) is 0 Å². The summed E-state index contributed by atoms with van der Waals surface area (Å²) in [6, 6.07) is 5.76. The summed E-state index contributed by atoms with van der Waals surface area (Å²) in [7, 11) is 0. The topological polar surface area (TPSA) is 34.1 Å². The Hall–Kier alpha value is -1.09. The van der Waals surface area contributed by atoms with Crippen molar-refractivity contribution in [3.8, 4) is 0 Å². The molecule has 0 N–H and O–H groups in total. The summed E-state index contributed by atoms with van der Waals surface area (Å²) in [5, 5.41) is 0.